The van der Waals surface area contributed by atoms with Gasteiger partial charge in [-0.3, -0.25) is 0 Å². The Labute approximate surface area is 146 Å². The molecule has 1 aromatic carbocycles. The molecular weight excluding hydrogens is 276 g/mol. The highest BCUT2D eigenvalue weighted by atomic mass is 14.1. The Morgan fingerprint density at radius 3 is 1.74 bits per heavy atom. The summed E-state index contributed by atoms with van der Waals surface area (Å²) in [6, 6.07) is 7.03. The minimum absolute atomic E-state index is 1.19. The fourth-order valence-electron chi connectivity index (χ4n) is 3.58. The van der Waals surface area contributed by atoms with Gasteiger partial charge in [0, 0.05) is 0 Å². The molecular formula is C23H40. The molecule has 132 valence electrons. The lowest BCUT2D eigenvalue weighted by molar-refractivity contribution is 0.587. The van der Waals surface area contributed by atoms with Crippen molar-refractivity contribution in [2.45, 2.75) is 111 Å². The van der Waals surface area contributed by atoms with Gasteiger partial charge in [0.05, 0.1) is 0 Å². The Morgan fingerprint density at radius 2 is 1.09 bits per heavy atom. The first-order chi connectivity index (χ1) is 11.3. The molecule has 0 saturated carbocycles. The van der Waals surface area contributed by atoms with Crippen molar-refractivity contribution in [1.82, 2.24) is 0 Å². The van der Waals surface area contributed by atoms with E-state index < -0.39 is 0 Å². The van der Waals surface area contributed by atoms with Gasteiger partial charge in [-0.05, 0) is 48.8 Å². The maximum Gasteiger partial charge on any atom is -0.0273 e. The van der Waals surface area contributed by atoms with Crippen LogP contribution in [0.1, 0.15) is 108 Å². The number of unbranched alkanes of at least 4 members (excludes halogenated alkanes) is 9. The SMILES string of the molecule is CCCCCCCCCc1cccc(CC)c1CCCCCC. The zero-order valence-corrected chi connectivity index (χ0v) is 16.1. The highest BCUT2D eigenvalue weighted by Crippen LogP contribution is 2.21. The van der Waals surface area contributed by atoms with Crippen molar-refractivity contribution in [2.75, 3.05) is 0 Å². The van der Waals surface area contributed by atoms with Crippen LogP contribution in [0.25, 0.3) is 0 Å². The molecule has 0 atom stereocenters. The third-order valence-electron chi connectivity index (χ3n) is 5.08. The Morgan fingerprint density at radius 1 is 0.565 bits per heavy atom. The summed E-state index contributed by atoms with van der Waals surface area (Å²) in [4.78, 5) is 0. The van der Waals surface area contributed by atoms with Crippen molar-refractivity contribution < 1.29 is 0 Å². The molecule has 0 heterocycles. The van der Waals surface area contributed by atoms with Crippen LogP contribution in [0, 0.1) is 0 Å². The molecule has 0 aliphatic carbocycles. The van der Waals surface area contributed by atoms with Crippen molar-refractivity contribution >= 4 is 0 Å². The molecule has 1 aromatic rings. The standard InChI is InChI=1S/C23H40/c1-4-7-9-11-12-13-14-17-22-19-16-18-21(6-3)23(22)20-15-10-8-5-2/h16,18-19H,4-15,17,20H2,1-3H3. The van der Waals surface area contributed by atoms with Crippen LogP contribution in [0.5, 0.6) is 0 Å². The first kappa shape index (κ1) is 20.3. The van der Waals surface area contributed by atoms with E-state index in [-0.39, 0.29) is 0 Å². The summed E-state index contributed by atoms with van der Waals surface area (Å²) >= 11 is 0. The van der Waals surface area contributed by atoms with Gasteiger partial charge in [-0.1, -0.05) is 96.8 Å². The molecule has 0 radical (unpaired) electrons. The van der Waals surface area contributed by atoms with Crippen LogP contribution >= 0.6 is 0 Å². The van der Waals surface area contributed by atoms with E-state index >= 15 is 0 Å². The number of benzene rings is 1. The lowest BCUT2D eigenvalue weighted by atomic mass is 9.91. The average Bonchev–Trinajstić information content (AvgIpc) is 2.58. The first-order valence-electron chi connectivity index (χ1n) is 10.4. The summed E-state index contributed by atoms with van der Waals surface area (Å²) in [5.74, 6) is 0. The lowest BCUT2D eigenvalue weighted by Crippen LogP contribution is -2.00. The number of aryl methyl sites for hydroxylation is 2. The van der Waals surface area contributed by atoms with Crippen molar-refractivity contribution in [3.8, 4) is 0 Å². The third kappa shape index (κ3) is 8.58. The van der Waals surface area contributed by atoms with Gasteiger partial charge in [-0.15, -0.1) is 0 Å². The highest BCUT2D eigenvalue weighted by molar-refractivity contribution is 5.35. The molecule has 0 aromatic heterocycles. The van der Waals surface area contributed by atoms with Crippen LogP contribution in [-0.4, -0.2) is 0 Å². The fraction of sp³-hybridized carbons (Fsp3) is 0.739. The van der Waals surface area contributed by atoms with Crippen molar-refractivity contribution in [3.05, 3.63) is 34.9 Å². The topological polar surface area (TPSA) is 0 Å². The normalized spacial score (nSPS) is 11.1. The van der Waals surface area contributed by atoms with Gasteiger partial charge < -0.3 is 0 Å². The Balaban J connectivity index is 2.43. The number of rotatable bonds is 14. The molecule has 0 bridgehead atoms. The molecule has 0 nitrogen and oxygen atoms in total. The van der Waals surface area contributed by atoms with E-state index in [9.17, 15) is 0 Å². The predicted octanol–water partition coefficient (Wildman–Crippen LogP) is 7.66. The first-order valence-corrected chi connectivity index (χ1v) is 10.4. The minimum Gasteiger partial charge on any atom is -0.0654 e. The third-order valence-corrected chi connectivity index (χ3v) is 5.08. The molecule has 0 spiro atoms. The summed E-state index contributed by atoms with van der Waals surface area (Å²) in [6.07, 6.45) is 19.1. The lowest BCUT2D eigenvalue weighted by Gasteiger charge is -2.14. The second-order valence-electron chi connectivity index (χ2n) is 7.09. The molecule has 0 saturated heterocycles. The van der Waals surface area contributed by atoms with Crippen molar-refractivity contribution in [2.24, 2.45) is 0 Å². The smallest absolute Gasteiger partial charge is 0.0273 e. The van der Waals surface area contributed by atoms with Crippen LogP contribution in [0.15, 0.2) is 18.2 Å². The van der Waals surface area contributed by atoms with E-state index in [1.54, 1.807) is 16.7 Å². The van der Waals surface area contributed by atoms with Crippen molar-refractivity contribution in [1.29, 1.82) is 0 Å². The van der Waals surface area contributed by atoms with Crippen LogP contribution in [0.4, 0.5) is 0 Å². The zero-order chi connectivity index (χ0) is 16.8. The molecule has 0 aliphatic heterocycles. The second-order valence-corrected chi connectivity index (χ2v) is 7.09. The van der Waals surface area contributed by atoms with E-state index in [1.165, 1.54) is 89.9 Å². The molecule has 0 heteroatoms. The van der Waals surface area contributed by atoms with E-state index in [4.69, 9.17) is 0 Å². The molecule has 0 amide bonds. The maximum absolute atomic E-state index is 2.39. The van der Waals surface area contributed by atoms with Gasteiger partial charge in [0.1, 0.15) is 0 Å². The monoisotopic (exact) mass is 316 g/mol. The van der Waals surface area contributed by atoms with E-state index in [1.807, 2.05) is 0 Å². The molecule has 0 fully saturated rings. The number of hydrogen-bond acceptors (Lipinski definition) is 0. The predicted molar refractivity (Wildman–Crippen MR) is 105 cm³/mol. The van der Waals surface area contributed by atoms with Crippen molar-refractivity contribution in [3.63, 3.8) is 0 Å². The van der Waals surface area contributed by atoms with E-state index in [0.29, 0.717) is 0 Å². The van der Waals surface area contributed by atoms with Crippen LogP contribution in [0.3, 0.4) is 0 Å². The largest absolute Gasteiger partial charge is 0.0654 e. The van der Waals surface area contributed by atoms with Crippen LogP contribution < -0.4 is 0 Å². The zero-order valence-electron chi connectivity index (χ0n) is 16.1. The van der Waals surface area contributed by atoms with E-state index in [2.05, 4.69) is 39.0 Å². The summed E-state index contributed by atoms with van der Waals surface area (Å²) in [7, 11) is 0. The summed E-state index contributed by atoms with van der Waals surface area (Å²) in [5, 5.41) is 0. The van der Waals surface area contributed by atoms with E-state index in [0.717, 1.165) is 0 Å². The fourth-order valence-corrected chi connectivity index (χ4v) is 3.58. The van der Waals surface area contributed by atoms with Gasteiger partial charge in [-0.2, -0.15) is 0 Å². The Bertz CT molecular complexity index is 391. The van der Waals surface area contributed by atoms with Crippen LogP contribution in [0.2, 0.25) is 0 Å². The quantitative estimate of drug-likeness (QED) is 0.309. The Kier molecular flexibility index (Phi) is 12.0. The summed E-state index contributed by atoms with van der Waals surface area (Å²) in [6.45, 7) is 6.90. The molecule has 0 unspecified atom stereocenters. The Hall–Kier alpha value is -0.780. The molecule has 0 N–H and O–H groups in total. The molecule has 0 aliphatic rings. The van der Waals surface area contributed by atoms with Gasteiger partial charge >= 0.3 is 0 Å². The van der Waals surface area contributed by atoms with Gasteiger partial charge in [-0.25, -0.2) is 0 Å². The van der Waals surface area contributed by atoms with Gasteiger partial charge in [0.25, 0.3) is 0 Å². The maximum atomic E-state index is 2.39. The summed E-state index contributed by atoms with van der Waals surface area (Å²) in [5.41, 5.74) is 4.94. The molecule has 1 rings (SSSR count). The highest BCUT2D eigenvalue weighted by Gasteiger charge is 2.07. The van der Waals surface area contributed by atoms with Gasteiger partial charge in [0.2, 0.25) is 0 Å². The molecule has 23 heavy (non-hydrogen) atoms. The van der Waals surface area contributed by atoms with Gasteiger partial charge in [0.15, 0.2) is 0 Å². The average molecular weight is 317 g/mol. The second kappa shape index (κ2) is 13.6. The number of hydrogen-bond donors (Lipinski definition) is 0. The van der Waals surface area contributed by atoms with Crippen LogP contribution in [-0.2, 0) is 19.3 Å². The minimum atomic E-state index is 1.19. The summed E-state index contributed by atoms with van der Waals surface area (Å²) < 4.78 is 0.